The number of para-hydroxylation sites is 2. The minimum atomic E-state index is -0.803. The van der Waals surface area contributed by atoms with Crippen LogP contribution in [0.2, 0.25) is 0 Å². The van der Waals surface area contributed by atoms with Gasteiger partial charge in [0.2, 0.25) is 11.8 Å². The highest BCUT2D eigenvalue weighted by Crippen LogP contribution is 2.38. The minimum absolute atomic E-state index is 0.0267. The first-order chi connectivity index (χ1) is 15.0. The summed E-state index contributed by atoms with van der Waals surface area (Å²) in [6, 6.07) is 11.7. The van der Waals surface area contributed by atoms with Crippen LogP contribution < -0.4 is 24.8 Å². The predicted molar refractivity (Wildman–Crippen MR) is 115 cm³/mol. The zero-order valence-electron chi connectivity index (χ0n) is 17.3. The summed E-state index contributed by atoms with van der Waals surface area (Å²) in [6.07, 6.45) is 1.59. The average molecular weight is 422 g/mol. The molecule has 0 spiro atoms. The second kappa shape index (κ2) is 8.39. The van der Waals surface area contributed by atoms with Gasteiger partial charge in [0.15, 0.2) is 11.5 Å². The normalized spacial score (nSPS) is 14.9. The second-order valence-electron chi connectivity index (χ2n) is 6.88. The molecule has 1 atom stereocenters. The number of hydrogen-bond donors (Lipinski definition) is 2. The molecule has 1 unspecified atom stereocenters. The van der Waals surface area contributed by atoms with Gasteiger partial charge in [0.25, 0.3) is 0 Å². The van der Waals surface area contributed by atoms with Gasteiger partial charge in [0.1, 0.15) is 17.6 Å². The quantitative estimate of drug-likeness (QED) is 0.633. The zero-order valence-corrected chi connectivity index (χ0v) is 17.3. The van der Waals surface area contributed by atoms with Crippen LogP contribution in [0.5, 0.6) is 17.2 Å². The fraction of sp³-hybridized carbons (Fsp3) is 0.227. The van der Waals surface area contributed by atoms with Gasteiger partial charge in [-0.05, 0) is 29.8 Å². The molecule has 1 aliphatic heterocycles. The molecule has 0 fully saturated rings. The largest absolute Gasteiger partial charge is 0.495 e. The number of methoxy groups -OCH3 is 3. The number of nitrogens with one attached hydrogen (secondary N) is 2. The SMILES string of the molecule is COc1ccccc1NC(=O)C1CC(=O)Nc2c(-c3ccc(OC)c(OC)c3)cnn21. The fourth-order valence-electron chi connectivity index (χ4n) is 3.55. The van der Waals surface area contributed by atoms with Crippen LogP contribution in [0.1, 0.15) is 12.5 Å². The fourth-order valence-corrected chi connectivity index (χ4v) is 3.55. The van der Waals surface area contributed by atoms with Crippen molar-refractivity contribution in [1.29, 1.82) is 0 Å². The molecule has 2 N–H and O–H groups in total. The maximum absolute atomic E-state index is 13.0. The van der Waals surface area contributed by atoms with Gasteiger partial charge in [-0.1, -0.05) is 18.2 Å². The van der Waals surface area contributed by atoms with Crippen LogP contribution in [-0.2, 0) is 9.59 Å². The van der Waals surface area contributed by atoms with Crippen LogP contribution in [0.25, 0.3) is 11.1 Å². The number of carbonyl (C=O) groups excluding carboxylic acids is 2. The zero-order chi connectivity index (χ0) is 22.0. The Balaban J connectivity index is 1.68. The van der Waals surface area contributed by atoms with Crippen LogP contribution in [0.4, 0.5) is 11.5 Å². The molecule has 1 aliphatic rings. The molecule has 1 aromatic heterocycles. The van der Waals surface area contributed by atoms with Gasteiger partial charge in [0.05, 0.1) is 39.6 Å². The van der Waals surface area contributed by atoms with Crippen molar-refractivity contribution in [3.63, 3.8) is 0 Å². The molecule has 9 heteroatoms. The number of hydrogen-bond acceptors (Lipinski definition) is 6. The van der Waals surface area contributed by atoms with Gasteiger partial charge in [0, 0.05) is 5.56 Å². The Morgan fingerprint density at radius 3 is 2.55 bits per heavy atom. The molecular formula is C22H22N4O5. The maximum Gasteiger partial charge on any atom is 0.249 e. The first-order valence-electron chi connectivity index (χ1n) is 9.59. The van der Waals surface area contributed by atoms with Crippen molar-refractivity contribution >= 4 is 23.3 Å². The number of nitrogens with zero attached hydrogens (tertiary/aromatic N) is 2. The van der Waals surface area contributed by atoms with Crippen LogP contribution in [-0.4, -0.2) is 42.9 Å². The topological polar surface area (TPSA) is 104 Å². The third-order valence-corrected chi connectivity index (χ3v) is 5.09. The number of anilines is 2. The summed E-state index contributed by atoms with van der Waals surface area (Å²) in [5, 5.41) is 10.1. The van der Waals surface area contributed by atoms with Crippen molar-refractivity contribution in [2.45, 2.75) is 12.5 Å². The third-order valence-electron chi connectivity index (χ3n) is 5.09. The third kappa shape index (κ3) is 3.77. The molecule has 0 bridgehead atoms. The summed E-state index contributed by atoms with van der Waals surface area (Å²) < 4.78 is 17.5. The predicted octanol–water partition coefficient (Wildman–Crippen LogP) is 3.10. The van der Waals surface area contributed by atoms with E-state index in [-0.39, 0.29) is 18.2 Å². The van der Waals surface area contributed by atoms with Gasteiger partial charge >= 0.3 is 0 Å². The van der Waals surface area contributed by atoms with Gasteiger partial charge < -0.3 is 24.8 Å². The Morgan fingerprint density at radius 2 is 1.81 bits per heavy atom. The number of fused-ring (bicyclic) bond motifs is 1. The maximum atomic E-state index is 13.0. The standard InChI is InChI=1S/C22H22N4O5/c1-29-17-7-5-4-6-15(17)24-22(28)16-11-20(27)25-21-14(12-23-26(16)21)13-8-9-18(30-2)19(10-13)31-3/h4-10,12,16H,11H2,1-3H3,(H,24,28)(H,25,27). The van der Waals surface area contributed by atoms with E-state index in [4.69, 9.17) is 14.2 Å². The lowest BCUT2D eigenvalue weighted by Gasteiger charge is -2.25. The number of benzene rings is 2. The molecular weight excluding hydrogens is 400 g/mol. The monoisotopic (exact) mass is 422 g/mol. The number of aromatic nitrogens is 2. The van der Waals surface area contributed by atoms with Crippen molar-refractivity contribution in [3.8, 4) is 28.4 Å². The molecule has 0 saturated heterocycles. The van der Waals surface area contributed by atoms with E-state index < -0.39 is 6.04 Å². The molecule has 2 heterocycles. The lowest BCUT2D eigenvalue weighted by molar-refractivity contribution is -0.125. The van der Waals surface area contributed by atoms with Gasteiger partial charge in [-0.25, -0.2) is 4.68 Å². The lowest BCUT2D eigenvalue weighted by atomic mass is 10.1. The molecule has 2 amide bonds. The molecule has 3 aromatic rings. The lowest BCUT2D eigenvalue weighted by Crippen LogP contribution is -2.35. The van der Waals surface area contributed by atoms with E-state index in [1.165, 1.54) is 11.8 Å². The van der Waals surface area contributed by atoms with Crippen molar-refractivity contribution < 1.29 is 23.8 Å². The summed E-state index contributed by atoms with van der Waals surface area (Å²) in [7, 11) is 4.64. The van der Waals surface area contributed by atoms with E-state index in [2.05, 4.69) is 15.7 Å². The molecule has 0 aliphatic carbocycles. The first kappa shape index (κ1) is 20.3. The molecule has 0 radical (unpaired) electrons. The van der Waals surface area contributed by atoms with Crippen molar-refractivity contribution in [2.75, 3.05) is 32.0 Å². The van der Waals surface area contributed by atoms with E-state index in [9.17, 15) is 9.59 Å². The molecule has 2 aromatic carbocycles. The molecule has 9 nitrogen and oxygen atoms in total. The van der Waals surface area contributed by atoms with Crippen LogP contribution in [0.3, 0.4) is 0 Å². The van der Waals surface area contributed by atoms with E-state index in [0.29, 0.717) is 34.3 Å². The van der Waals surface area contributed by atoms with Gasteiger partial charge in [-0.3, -0.25) is 9.59 Å². The number of rotatable bonds is 6. The Kier molecular flexibility index (Phi) is 5.48. The smallest absolute Gasteiger partial charge is 0.249 e. The number of carbonyl (C=O) groups is 2. The van der Waals surface area contributed by atoms with E-state index in [1.807, 2.05) is 12.1 Å². The Bertz CT molecular complexity index is 1140. The molecule has 160 valence electrons. The Morgan fingerprint density at radius 1 is 1.06 bits per heavy atom. The molecule has 4 rings (SSSR count). The highest BCUT2D eigenvalue weighted by molar-refractivity contribution is 6.03. The van der Waals surface area contributed by atoms with E-state index in [0.717, 1.165) is 5.56 Å². The van der Waals surface area contributed by atoms with Crippen LogP contribution in [0.15, 0.2) is 48.7 Å². The highest BCUT2D eigenvalue weighted by Gasteiger charge is 2.33. The highest BCUT2D eigenvalue weighted by atomic mass is 16.5. The first-order valence-corrected chi connectivity index (χ1v) is 9.59. The summed E-state index contributed by atoms with van der Waals surface area (Å²) >= 11 is 0. The average Bonchev–Trinajstić information content (AvgIpc) is 3.21. The van der Waals surface area contributed by atoms with Crippen LogP contribution >= 0.6 is 0 Å². The second-order valence-corrected chi connectivity index (χ2v) is 6.88. The Labute approximate surface area is 178 Å². The summed E-state index contributed by atoms with van der Waals surface area (Å²) in [6.45, 7) is 0. The van der Waals surface area contributed by atoms with E-state index >= 15 is 0 Å². The van der Waals surface area contributed by atoms with Crippen molar-refractivity contribution in [2.24, 2.45) is 0 Å². The summed E-state index contributed by atoms with van der Waals surface area (Å²) in [5.74, 6) is 1.49. The summed E-state index contributed by atoms with van der Waals surface area (Å²) in [5.41, 5.74) is 1.96. The minimum Gasteiger partial charge on any atom is -0.495 e. The number of amides is 2. The molecule has 31 heavy (non-hydrogen) atoms. The molecule has 0 saturated carbocycles. The number of ether oxygens (including phenoxy) is 3. The van der Waals surface area contributed by atoms with Crippen molar-refractivity contribution in [3.05, 3.63) is 48.7 Å². The summed E-state index contributed by atoms with van der Waals surface area (Å²) in [4.78, 5) is 25.4. The van der Waals surface area contributed by atoms with Gasteiger partial charge in [-0.2, -0.15) is 5.10 Å². The van der Waals surface area contributed by atoms with Crippen LogP contribution in [0, 0.1) is 0 Å². The Hall–Kier alpha value is -4.01. The van der Waals surface area contributed by atoms with E-state index in [1.54, 1.807) is 50.7 Å². The van der Waals surface area contributed by atoms with Gasteiger partial charge in [-0.15, -0.1) is 0 Å². The van der Waals surface area contributed by atoms with Crippen molar-refractivity contribution in [1.82, 2.24) is 9.78 Å².